The van der Waals surface area contributed by atoms with Crippen molar-refractivity contribution in [3.8, 4) is 17.6 Å². The van der Waals surface area contributed by atoms with Crippen molar-refractivity contribution in [3.63, 3.8) is 0 Å². The topological polar surface area (TPSA) is 103 Å². The Morgan fingerprint density at radius 3 is 2.56 bits per heavy atom. The van der Waals surface area contributed by atoms with E-state index in [1.807, 2.05) is 12.1 Å². The van der Waals surface area contributed by atoms with E-state index in [1.54, 1.807) is 41.2 Å². The number of carbonyl (C=O) groups is 2. The predicted molar refractivity (Wildman–Crippen MR) is 85.3 cm³/mol. The molecule has 1 aliphatic rings. The van der Waals surface area contributed by atoms with E-state index in [0.29, 0.717) is 5.56 Å². The Bertz CT molecular complexity index is 860. The average Bonchev–Trinajstić information content (AvgIpc) is 2.62. The van der Waals surface area contributed by atoms with Gasteiger partial charge >= 0.3 is 0 Å². The Kier molecular flexibility index (Phi) is 4.35. The summed E-state index contributed by atoms with van der Waals surface area (Å²) in [6, 6.07) is 11.1. The molecule has 126 valence electrons. The van der Waals surface area contributed by atoms with E-state index in [-0.39, 0.29) is 11.5 Å². The summed E-state index contributed by atoms with van der Waals surface area (Å²) in [5.41, 5.74) is 0.561. The number of hydrogen-bond acceptors (Lipinski definition) is 5. The van der Waals surface area contributed by atoms with E-state index in [4.69, 9.17) is 4.74 Å². The lowest BCUT2D eigenvalue weighted by Crippen LogP contribution is -2.59. The van der Waals surface area contributed by atoms with Gasteiger partial charge in [0.05, 0.1) is 19.1 Å². The number of carbonyl (C=O) groups excluding carboxylic acids is 2. The Hall–Kier alpha value is -3.40. The molecule has 0 radical (unpaired) electrons. The third-order valence-corrected chi connectivity index (χ3v) is 4.28. The van der Waals surface area contributed by atoms with E-state index < -0.39 is 29.7 Å². The molecule has 1 aromatic heterocycles. The van der Waals surface area contributed by atoms with Crippen LogP contribution in [-0.2, 0) is 9.59 Å². The fraction of sp³-hybridized carbons (Fsp3) is 0.222. The number of hydrogen-bond donors (Lipinski definition) is 2. The van der Waals surface area contributed by atoms with Crippen molar-refractivity contribution in [3.05, 3.63) is 54.4 Å². The number of ether oxygens (including phenoxy) is 1. The van der Waals surface area contributed by atoms with E-state index >= 15 is 0 Å². The van der Waals surface area contributed by atoms with E-state index in [0.717, 1.165) is 0 Å². The molecule has 2 amide bonds. The Labute approximate surface area is 144 Å². The molecule has 0 aliphatic carbocycles. The molecule has 1 saturated heterocycles. The minimum absolute atomic E-state index is 0.0599. The third-order valence-electron chi connectivity index (χ3n) is 4.28. The Morgan fingerprint density at radius 1 is 1.20 bits per heavy atom. The van der Waals surface area contributed by atoms with Gasteiger partial charge in [-0.15, -0.1) is 0 Å². The number of aromatic nitrogens is 1. The molecule has 0 spiro atoms. The molecule has 0 unspecified atom stereocenters. The second-order valence-electron chi connectivity index (χ2n) is 5.68. The summed E-state index contributed by atoms with van der Waals surface area (Å²) >= 11 is 0. The average molecular weight is 338 g/mol. The van der Waals surface area contributed by atoms with Crippen LogP contribution in [0.25, 0.3) is 0 Å². The maximum Gasteiger partial charge on any atom is 0.296 e. The number of imide groups is 1. The second kappa shape index (κ2) is 6.61. The van der Waals surface area contributed by atoms with Crippen molar-refractivity contribution >= 4 is 11.8 Å². The van der Waals surface area contributed by atoms with E-state index in [1.165, 1.54) is 13.2 Å². The van der Waals surface area contributed by atoms with Crippen LogP contribution in [0.3, 0.4) is 0 Å². The number of benzene rings is 1. The number of phenolic OH excluding ortho intramolecular Hbond substituents is 1. The fourth-order valence-electron chi connectivity index (χ4n) is 3.12. The molecule has 3 rings (SSSR count). The number of phenols is 1. The van der Waals surface area contributed by atoms with Gasteiger partial charge in [0.1, 0.15) is 5.92 Å². The molecule has 7 heteroatoms. The van der Waals surface area contributed by atoms with Crippen molar-refractivity contribution in [1.82, 2.24) is 5.32 Å². The largest absolute Gasteiger partial charge is 0.504 e. The smallest absolute Gasteiger partial charge is 0.296 e. The number of aromatic hydroxyl groups is 1. The summed E-state index contributed by atoms with van der Waals surface area (Å²) in [5.74, 6) is -2.72. The highest BCUT2D eigenvalue weighted by atomic mass is 16.5. The molecule has 1 aliphatic heterocycles. The van der Waals surface area contributed by atoms with Gasteiger partial charge in [-0.25, -0.2) is 0 Å². The number of nitrogens with zero attached hydrogens (tertiary/aromatic N) is 2. The first-order valence-corrected chi connectivity index (χ1v) is 7.64. The molecule has 3 atom stereocenters. The Balaban J connectivity index is 2.16. The van der Waals surface area contributed by atoms with Gasteiger partial charge in [0, 0.05) is 12.1 Å². The summed E-state index contributed by atoms with van der Waals surface area (Å²) in [6.45, 7) is 0. The zero-order valence-electron chi connectivity index (χ0n) is 13.4. The van der Waals surface area contributed by atoms with Crippen LogP contribution in [0.5, 0.6) is 11.5 Å². The van der Waals surface area contributed by atoms with Gasteiger partial charge in [-0.1, -0.05) is 12.1 Å². The minimum atomic E-state index is -1.05. The lowest BCUT2D eigenvalue weighted by Gasteiger charge is -2.30. The lowest BCUT2D eigenvalue weighted by molar-refractivity contribution is -0.713. The van der Waals surface area contributed by atoms with Crippen LogP contribution >= 0.6 is 0 Å². The maximum atomic E-state index is 12.5. The number of pyridine rings is 1. The molecule has 25 heavy (non-hydrogen) atoms. The van der Waals surface area contributed by atoms with Crippen LogP contribution in [0, 0.1) is 17.2 Å². The zero-order chi connectivity index (χ0) is 18.0. The normalized spacial score (nSPS) is 22.8. The van der Waals surface area contributed by atoms with Gasteiger partial charge in [0.25, 0.3) is 5.91 Å². The summed E-state index contributed by atoms with van der Waals surface area (Å²) in [5, 5.41) is 21.6. The molecular weight excluding hydrogens is 322 g/mol. The summed E-state index contributed by atoms with van der Waals surface area (Å²) < 4.78 is 6.78. The van der Waals surface area contributed by atoms with Crippen LogP contribution in [0.15, 0.2) is 48.8 Å². The molecule has 1 fully saturated rings. The van der Waals surface area contributed by atoms with Gasteiger partial charge < -0.3 is 9.84 Å². The van der Waals surface area contributed by atoms with Crippen molar-refractivity contribution in [1.29, 1.82) is 5.26 Å². The number of rotatable bonds is 3. The molecule has 0 bridgehead atoms. The van der Waals surface area contributed by atoms with Gasteiger partial charge in [-0.05, 0) is 17.7 Å². The molecule has 2 N–H and O–H groups in total. The van der Waals surface area contributed by atoms with Gasteiger partial charge in [-0.2, -0.15) is 9.83 Å². The first-order chi connectivity index (χ1) is 12.1. The molecule has 2 aromatic rings. The number of nitrogens with one attached hydrogen (secondary N) is 1. The molecule has 7 nitrogen and oxygen atoms in total. The fourth-order valence-corrected chi connectivity index (χ4v) is 3.12. The zero-order valence-corrected chi connectivity index (χ0v) is 13.4. The first-order valence-electron chi connectivity index (χ1n) is 7.64. The summed E-state index contributed by atoms with van der Waals surface area (Å²) in [7, 11) is 1.41. The van der Waals surface area contributed by atoms with E-state index in [2.05, 4.69) is 5.32 Å². The number of nitriles is 1. The third kappa shape index (κ3) is 2.90. The highest BCUT2D eigenvalue weighted by Crippen LogP contribution is 2.39. The van der Waals surface area contributed by atoms with Crippen molar-refractivity contribution < 1.29 is 24.0 Å². The molecule has 1 aromatic carbocycles. The summed E-state index contributed by atoms with van der Waals surface area (Å²) in [6.07, 6.45) is 3.41. The standard InChI is InChI=1S/C18H15N3O4/c1-25-14-9-11(5-6-13(14)22)15-12(10-19)17(23)20-18(24)16(15)21-7-3-2-4-8-21/h2-9,12,15-16H,1H3,(H-,20,22,23,24)/p+1/t12-,15+,16-/m0/s1. The van der Waals surface area contributed by atoms with E-state index in [9.17, 15) is 20.0 Å². The lowest BCUT2D eigenvalue weighted by atomic mass is 9.77. The molecule has 2 heterocycles. The van der Waals surface area contributed by atoms with Gasteiger partial charge in [0.2, 0.25) is 11.9 Å². The minimum Gasteiger partial charge on any atom is -0.504 e. The number of amides is 2. The van der Waals surface area contributed by atoms with Crippen LogP contribution in [-0.4, -0.2) is 24.0 Å². The van der Waals surface area contributed by atoms with Crippen LogP contribution < -0.4 is 14.6 Å². The molecule has 0 saturated carbocycles. The monoisotopic (exact) mass is 338 g/mol. The quantitative estimate of drug-likeness (QED) is 0.637. The van der Waals surface area contributed by atoms with Crippen LogP contribution in [0.2, 0.25) is 0 Å². The molecular formula is C18H16N3O4+. The van der Waals surface area contributed by atoms with Crippen molar-refractivity contribution in [2.45, 2.75) is 12.0 Å². The SMILES string of the molecule is COc1cc([C@@H]2[C@H](C#N)C(=O)NC(=O)[C@H]2[n+]2ccccc2)ccc1O. The maximum absolute atomic E-state index is 12.5. The second-order valence-corrected chi connectivity index (χ2v) is 5.68. The highest BCUT2D eigenvalue weighted by molar-refractivity contribution is 6.02. The Morgan fingerprint density at radius 2 is 1.92 bits per heavy atom. The van der Waals surface area contributed by atoms with Crippen molar-refractivity contribution in [2.24, 2.45) is 5.92 Å². The first kappa shape index (κ1) is 16.5. The van der Waals surface area contributed by atoms with Crippen LogP contribution in [0.1, 0.15) is 17.5 Å². The highest BCUT2D eigenvalue weighted by Gasteiger charge is 2.50. The van der Waals surface area contributed by atoms with Crippen molar-refractivity contribution in [2.75, 3.05) is 7.11 Å². The van der Waals surface area contributed by atoms with Gasteiger partial charge in [0.15, 0.2) is 23.9 Å². The predicted octanol–water partition coefficient (Wildman–Crippen LogP) is 0.809. The van der Waals surface area contributed by atoms with Gasteiger partial charge in [-0.3, -0.25) is 14.9 Å². The van der Waals surface area contributed by atoms with Crippen LogP contribution in [0.4, 0.5) is 0 Å². The number of piperidine rings is 1. The summed E-state index contributed by atoms with van der Waals surface area (Å²) in [4.78, 5) is 24.7. The number of methoxy groups -OCH3 is 1.